The zero-order valence-corrected chi connectivity index (χ0v) is 14.4. The SMILES string of the molecule is CC(=O)c1ccc(NC(=O)/C(C#N)=C\N2C(C)CCCC2C)cc1. The van der Waals surface area contributed by atoms with Crippen LogP contribution in [0.2, 0.25) is 0 Å². The summed E-state index contributed by atoms with van der Waals surface area (Å²) in [6, 6.07) is 9.27. The van der Waals surface area contributed by atoms with E-state index in [0.29, 0.717) is 23.3 Å². The third-order valence-corrected chi connectivity index (χ3v) is 4.45. The number of hydrogen-bond donors (Lipinski definition) is 1. The molecule has 0 spiro atoms. The second-order valence-corrected chi connectivity index (χ2v) is 6.32. The molecular formula is C19H23N3O2. The lowest BCUT2D eigenvalue weighted by molar-refractivity contribution is -0.112. The first-order valence-electron chi connectivity index (χ1n) is 8.24. The minimum Gasteiger partial charge on any atom is -0.371 e. The molecule has 5 nitrogen and oxygen atoms in total. The van der Waals surface area contributed by atoms with Gasteiger partial charge in [-0.1, -0.05) is 0 Å². The number of rotatable bonds is 4. The quantitative estimate of drug-likeness (QED) is 0.522. The van der Waals surface area contributed by atoms with Crippen LogP contribution in [0.5, 0.6) is 0 Å². The van der Waals surface area contributed by atoms with Gasteiger partial charge in [-0.15, -0.1) is 0 Å². The summed E-state index contributed by atoms with van der Waals surface area (Å²) in [5.74, 6) is -0.461. The monoisotopic (exact) mass is 325 g/mol. The van der Waals surface area contributed by atoms with E-state index in [-0.39, 0.29) is 11.4 Å². The number of likely N-dealkylation sites (tertiary alicyclic amines) is 1. The summed E-state index contributed by atoms with van der Waals surface area (Å²) in [6.07, 6.45) is 4.97. The predicted molar refractivity (Wildman–Crippen MR) is 93.4 cm³/mol. The molecule has 2 unspecified atom stereocenters. The molecule has 5 heteroatoms. The van der Waals surface area contributed by atoms with E-state index >= 15 is 0 Å². The van der Waals surface area contributed by atoms with E-state index in [4.69, 9.17) is 0 Å². The van der Waals surface area contributed by atoms with Crippen LogP contribution in [0.1, 0.15) is 50.4 Å². The average molecular weight is 325 g/mol. The van der Waals surface area contributed by atoms with Crippen molar-refractivity contribution in [1.29, 1.82) is 5.26 Å². The third kappa shape index (κ3) is 4.23. The molecule has 1 saturated heterocycles. The summed E-state index contributed by atoms with van der Waals surface area (Å²) < 4.78 is 0. The van der Waals surface area contributed by atoms with Gasteiger partial charge in [0.1, 0.15) is 11.6 Å². The minimum absolute atomic E-state index is 0.0291. The Kier molecular flexibility index (Phi) is 5.75. The first kappa shape index (κ1) is 17.7. The highest BCUT2D eigenvalue weighted by atomic mass is 16.1. The summed E-state index contributed by atoms with van der Waals surface area (Å²) in [5.41, 5.74) is 1.23. The Labute approximate surface area is 143 Å². The molecule has 1 amide bonds. The molecule has 1 fully saturated rings. The molecule has 0 aromatic heterocycles. The van der Waals surface area contributed by atoms with Gasteiger partial charge in [-0.05, 0) is 64.3 Å². The molecule has 2 rings (SSSR count). The second-order valence-electron chi connectivity index (χ2n) is 6.32. The molecule has 2 atom stereocenters. The van der Waals surface area contributed by atoms with E-state index in [9.17, 15) is 14.9 Å². The van der Waals surface area contributed by atoms with Crippen LogP contribution in [-0.2, 0) is 4.79 Å². The number of benzene rings is 1. The average Bonchev–Trinajstić information content (AvgIpc) is 2.55. The van der Waals surface area contributed by atoms with Gasteiger partial charge < -0.3 is 10.2 Å². The van der Waals surface area contributed by atoms with Crippen LogP contribution in [0.3, 0.4) is 0 Å². The number of anilines is 1. The fraction of sp³-hybridized carbons (Fsp3) is 0.421. The van der Waals surface area contributed by atoms with Crippen LogP contribution in [0, 0.1) is 11.3 Å². The summed E-state index contributed by atoms with van der Waals surface area (Å²) in [5, 5.41) is 12.1. The lowest BCUT2D eigenvalue weighted by atomic mass is 9.98. The van der Waals surface area contributed by atoms with Crippen molar-refractivity contribution >= 4 is 17.4 Å². The van der Waals surface area contributed by atoms with Gasteiger partial charge in [0.2, 0.25) is 0 Å². The van der Waals surface area contributed by atoms with Crippen molar-refractivity contribution in [2.24, 2.45) is 0 Å². The molecule has 0 saturated carbocycles. The fourth-order valence-electron chi connectivity index (χ4n) is 2.97. The number of carbonyl (C=O) groups is 2. The van der Waals surface area contributed by atoms with Gasteiger partial charge in [-0.25, -0.2) is 0 Å². The van der Waals surface area contributed by atoms with Crippen molar-refractivity contribution in [2.75, 3.05) is 5.32 Å². The number of nitriles is 1. The third-order valence-electron chi connectivity index (χ3n) is 4.45. The van der Waals surface area contributed by atoms with Crippen LogP contribution < -0.4 is 5.32 Å². The number of ketones is 1. The van der Waals surface area contributed by atoms with Crippen molar-refractivity contribution in [3.05, 3.63) is 41.6 Å². The normalized spacial score (nSPS) is 21.1. The number of Topliss-reactive ketones (excluding diaryl/α,β-unsaturated/α-hetero) is 1. The van der Waals surface area contributed by atoms with E-state index in [1.165, 1.54) is 13.3 Å². The molecule has 1 aliphatic rings. The van der Waals surface area contributed by atoms with Crippen molar-refractivity contribution in [3.63, 3.8) is 0 Å². The number of carbonyl (C=O) groups excluding carboxylic acids is 2. The Bertz CT molecular complexity index is 676. The maximum atomic E-state index is 12.4. The van der Waals surface area contributed by atoms with Crippen LogP contribution in [0.15, 0.2) is 36.0 Å². The largest absolute Gasteiger partial charge is 0.371 e. The maximum absolute atomic E-state index is 12.4. The molecule has 1 heterocycles. The van der Waals surface area contributed by atoms with Gasteiger partial charge in [-0.3, -0.25) is 9.59 Å². The van der Waals surface area contributed by atoms with Crippen molar-refractivity contribution in [2.45, 2.75) is 52.1 Å². The van der Waals surface area contributed by atoms with Gasteiger partial charge in [0.05, 0.1) is 0 Å². The van der Waals surface area contributed by atoms with Gasteiger partial charge in [0.15, 0.2) is 5.78 Å². The van der Waals surface area contributed by atoms with E-state index in [2.05, 4.69) is 24.1 Å². The molecule has 0 radical (unpaired) electrons. The smallest absolute Gasteiger partial charge is 0.267 e. The highest BCUT2D eigenvalue weighted by Gasteiger charge is 2.23. The molecule has 1 N–H and O–H groups in total. The summed E-state index contributed by atoms with van der Waals surface area (Å²) in [6.45, 7) is 5.71. The topological polar surface area (TPSA) is 73.2 Å². The molecule has 1 aromatic rings. The zero-order chi connectivity index (χ0) is 17.7. The maximum Gasteiger partial charge on any atom is 0.267 e. The van der Waals surface area contributed by atoms with Gasteiger partial charge in [0, 0.05) is 29.5 Å². The van der Waals surface area contributed by atoms with Crippen LogP contribution in [0.25, 0.3) is 0 Å². The first-order chi connectivity index (χ1) is 11.4. The second kappa shape index (κ2) is 7.78. The van der Waals surface area contributed by atoms with Crippen molar-refractivity contribution in [1.82, 2.24) is 4.90 Å². The van der Waals surface area contributed by atoms with E-state index in [1.54, 1.807) is 30.5 Å². The highest BCUT2D eigenvalue weighted by Crippen LogP contribution is 2.23. The number of hydrogen-bond acceptors (Lipinski definition) is 4. The lowest BCUT2D eigenvalue weighted by Gasteiger charge is -2.38. The molecule has 126 valence electrons. The van der Waals surface area contributed by atoms with Crippen LogP contribution in [-0.4, -0.2) is 28.7 Å². The molecule has 0 aliphatic carbocycles. The van der Waals surface area contributed by atoms with Gasteiger partial charge >= 0.3 is 0 Å². The Balaban J connectivity index is 2.12. The van der Waals surface area contributed by atoms with E-state index < -0.39 is 5.91 Å². The summed E-state index contributed by atoms with van der Waals surface area (Å²) in [7, 11) is 0. The fourth-order valence-corrected chi connectivity index (χ4v) is 2.97. The summed E-state index contributed by atoms with van der Waals surface area (Å²) >= 11 is 0. The number of piperidine rings is 1. The predicted octanol–water partition coefficient (Wildman–Crippen LogP) is 3.50. The molecule has 1 aromatic carbocycles. The molecular weight excluding hydrogens is 302 g/mol. The first-order valence-corrected chi connectivity index (χ1v) is 8.24. The number of nitrogens with zero attached hydrogens (tertiary/aromatic N) is 2. The van der Waals surface area contributed by atoms with E-state index in [0.717, 1.165) is 12.8 Å². The molecule has 0 bridgehead atoms. The van der Waals surface area contributed by atoms with Gasteiger partial charge in [-0.2, -0.15) is 5.26 Å². The van der Waals surface area contributed by atoms with E-state index in [1.807, 2.05) is 6.07 Å². The Morgan fingerprint density at radius 1 is 1.21 bits per heavy atom. The summed E-state index contributed by atoms with van der Waals surface area (Å²) in [4.78, 5) is 25.7. The number of amides is 1. The van der Waals surface area contributed by atoms with Gasteiger partial charge in [0.25, 0.3) is 5.91 Å². The van der Waals surface area contributed by atoms with Crippen molar-refractivity contribution < 1.29 is 9.59 Å². The Morgan fingerprint density at radius 2 is 1.79 bits per heavy atom. The standard InChI is InChI=1S/C19H23N3O2/c1-13-5-4-6-14(2)22(13)12-17(11-20)19(24)21-18-9-7-16(8-10-18)15(3)23/h7-10,12-14H,4-6H2,1-3H3,(H,21,24)/b17-12-. The molecule has 1 aliphatic heterocycles. The Hall–Kier alpha value is -2.61. The lowest BCUT2D eigenvalue weighted by Crippen LogP contribution is -2.40. The van der Waals surface area contributed by atoms with Crippen LogP contribution >= 0.6 is 0 Å². The van der Waals surface area contributed by atoms with Crippen LogP contribution in [0.4, 0.5) is 5.69 Å². The highest BCUT2D eigenvalue weighted by molar-refractivity contribution is 6.06. The number of nitrogens with one attached hydrogen (secondary N) is 1. The Morgan fingerprint density at radius 3 is 2.29 bits per heavy atom. The molecule has 24 heavy (non-hydrogen) atoms. The van der Waals surface area contributed by atoms with Crippen molar-refractivity contribution in [3.8, 4) is 6.07 Å². The minimum atomic E-state index is -0.432. The zero-order valence-electron chi connectivity index (χ0n) is 14.4.